The minimum absolute atomic E-state index is 0. The molecule has 0 radical (unpaired) electrons. The highest BCUT2D eigenvalue weighted by atomic mass is 35.5. The maximum atomic E-state index is 9.28. The van der Waals surface area contributed by atoms with Crippen LogP contribution in [-0.2, 0) is 6.42 Å². The Morgan fingerprint density at radius 3 is 2.94 bits per heavy atom. The van der Waals surface area contributed by atoms with E-state index >= 15 is 0 Å². The van der Waals surface area contributed by atoms with Gasteiger partial charge in [0.2, 0.25) is 0 Å². The summed E-state index contributed by atoms with van der Waals surface area (Å²) in [6.45, 7) is 1.10. The number of aromatic nitrogens is 1. The van der Waals surface area contributed by atoms with Crippen LogP contribution in [-0.4, -0.2) is 23.2 Å². The molecule has 1 unspecified atom stereocenters. The number of aliphatic hydroxyl groups is 1. The van der Waals surface area contributed by atoms with Crippen LogP contribution < -0.4 is 5.32 Å². The highest BCUT2D eigenvalue weighted by molar-refractivity contribution is 5.85. The first-order valence-electron chi connectivity index (χ1n) is 5.34. The Kier molecular flexibility index (Phi) is 3.19. The average Bonchev–Trinajstić information content (AvgIpc) is 2.67. The Morgan fingerprint density at radius 1 is 1.31 bits per heavy atom. The van der Waals surface area contributed by atoms with Crippen molar-refractivity contribution in [2.45, 2.75) is 12.5 Å². The van der Waals surface area contributed by atoms with E-state index in [1.165, 1.54) is 16.5 Å². The second-order valence-corrected chi connectivity index (χ2v) is 4.00. The number of nitrogens with one attached hydrogen (secondary N) is 2. The van der Waals surface area contributed by atoms with Gasteiger partial charge in [0.1, 0.15) is 0 Å². The number of aromatic amines is 1. The van der Waals surface area contributed by atoms with Gasteiger partial charge in [-0.15, -0.1) is 12.4 Å². The molecule has 1 aliphatic rings. The lowest BCUT2D eigenvalue weighted by Gasteiger charge is -2.22. The van der Waals surface area contributed by atoms with Crippen LogP contribution in [0, 0.1) is 0 Å². The van der Waals surface area contributed by atoms with Gasteiger partial charge in [-0.1, -0.05) is 18.2 Å². The second kappa shape index (κ2) is 4.45. The van der Waals surface area contributed by atoms with Crippen LogP contribution in [0.5, 0.6) is 0 Å². The van der Waals surface area contributed by atoms with Crippen molar-refractivity contribution in [3.63, 3.8) is 0 Å². The van der Waals surface area contributed by atoms with Crippen LogP contribution in [0.3, 0.4) is 0 Å². The fraction of sp³-hybridized carbons (Fsp3) is 0.333. The lowest BCUT2D eigenvalue weighted by Crippen LogP contribution is -2.31. The van der Waals surface area contributed by atoms with E-state index in [1.807, 2.05) is 6.07 Å². The van der Waals surface area contributed by atoms with Crippen molar-refractivity contribution in [2.24, 2.45) is 0 Å². The molecule has 0 saturated carbocycles. The Labute approximate surface area is 100 Å². The zero-order chi connectivity index (χ0) is 10.3. The largest absolute Gasteiger partial charge is 0.394 e. The van der Waals surface area contributed by atoms with Gasteiger partial charge in [0, 0.05) is 16.6 Å². The predicted octanol–water partition coefficient (Wildman–Crippen LogP) is 1.77. The Morgan fingerprint density at radius 2 is 2.12 bits per heavy atom. The van der Waals surface area contributed by atoms with Crippen LogP contribution >= 0.6 is 12.4 Å². The maximum Gasteiger partial charge on any atom is 0.0710 e. The minimum Gasteiger partial charge on any atom is -0.394 e. The van der Waals surface area contributed by atoms with Crippen molar-refractivity contribution in [3.05, 3.63) is 35.5 Å². The summed E-state index contributed by atoms with van der Waals surface area (Å²) in [7, 11) is 0. The zero-order valence-corrected chi connectivity index (χ0v) is 9.68. The normalized spacial score (nSPS) is 19.2. The maximum absolute atomic E-state index is 9.28. The molecule has 0 fully saturated rings. The number of hydrogen-bond donors (Lipinski definition) is 3. The minimum atomic E-state index is 0. The van der Waals surface area contributed by atoms with E-state index in [-0.39, 0.29) is 25.1 Å². The van der Waals surface area contributed by atoms with Crippen LogP contribution in [0.15, 0.2) is 24.3 Å². The Bertz CT molecular complexity index is 495. The number of aliphatic hydroxyl groups excluding tert-OH is 1. The second-order valence-electron chi connectivity index (χ2n) is 4.00. The molecule has 3 nitrogen and oxygen atoms in total. The molecule has 3 N–H and O–H groups in total. The van der Waals surface area contributed by atoms with Crippen molar-refractivity contribution < 1.29 is 5.11 Å². The molecule has 0 spiro atoms. The van der Waals surface area contributed by atoms with Crippen molar-refractivity contribution in [1.29, 1.82) is 0 Å². The van der Waals surface area contributed by atoms with Crippen LogP contribution in [0.1, 0.15) is 17.3 Å². The molecule has 2 heterocycles. The smallest absolute Gasteiger partial charge is 0.0710 e. The molecular weight excluding hydrogens is 224 g/mol. The first-order valence-corrected chi connectivity index (χ1v) is 5.34. The number of benzene rings is 1. The van der Waals surface area contributed by atoms with Gasteiger partial charge in [-0.3, -0.25) is 0 Å². The summed E-state index contributed by atoms with van der Waals surface area (Å²) < 4.78 is 0. The van der Waals surface area contributed by atoms with Gasteiger partial charge >= 0.3 is 0 Å². The van der Waals surface area contributed by atoms with Crippen LogP contribution in [0.2, 0.25) is 0 Å². The fourth-order valence-electron chi connectivity index (χ4n) is 2.42. The third kappa shape index (κ3) is 1.61. The molecule has 0 aliphatic carbocycles. The summed E-state index contributed by atoms with van der Waals surface area (Å²) in [6.07, 6.45) is 1.04. The van der Waals surface area contributed by atoms with Crippen LogP contribution in [0.25, 0.3) is 10.9 Å². The molecule has 1 atom stereocenters. The van der Waals surface area contributed by atoms with Crippen molar-refractivity contribution in [2.75, 3.05) is 13.2 Å². The third-order valence-corrected chi connectivity index (χ3v) is 3.14. The van der Waals surface area contributed by atoms with Gasteiger partial charge in [-0.25, -0.2) is 0 Å². The molecule has 16 heavy (non-hydrogen) atoms. The standard InChI is InChI=1S/C12H14N2O.ClH/c15-7-11-12-9(5-6-13-11)8-3-1-2-4-10(8)14-12;/h1-4,11,13-15H,5-7H2;1H. The highest BCUT2D eigenvalue weighted by Gasteiger charge is 2.22. The summed E-state index contributed by atoms with van der Waals surface area (Å²) in [6, 6.07) is 8.39. The molecular formula is C12H15ClN2O. The van der Waals surface area contributed by atoms with E-state index in [0.29, 0.717) is 0 Å². The Balaban J connectivity index is 0.000000963. The van der Waals surface area contributed by atoms with Crippen molar-refractivity contribution >= 4 is 23.3 Å². The number of halogens is 1. The first kappa shape index (κ1) is 11.5. The topological polar surface area (TPSA) is 48.0 Å². The van der Waals surface area contributed by atoms with Gasteiger partial charge in [-0.05, 0) is 24.6 Å². The molecule has 1 aromatic carbocycles. The van der Waals surface area contributed by atoms with Crippen molar-refractivity contribution in [3.8, 4) is 0 Å². The number of para-hydroxylation sites is 1. The molecule has 0 amide bonds. The highest BCUT2D eigenvalue weighted by Crippen LogP contribution is 2.29. The van der Waals surface area contributed by atoms with E-state index in [9.17, 15) is 5.11 Å². The summed E-state index contributed by atoms with van der Waals surface area (Å²) in [5, 5.41) is 13.9. The summed E-state index contributed by atoms with van der Waals surface area (Å²) in [5.41, 5.74) is 3.69. The molecule has 3 rings (SSSR count). The third-order valence-electron chi connectivity index (χ3n) is 3.14. The van der Waals surface area contributed by atoms with Gasteiger partial charge in [0.25, 0.3) is 0 Å². The van der Waals surface area contributed by atoms with Gasteiger partial charge in [0.15, 0.2) is 0 Å². The monoisotopic (exact) mass is 238 g/mol. The van der Waals surface area contributed by atoms with E-state index in [4.69, 9.17) is 0 Å². The number of fused-ring (bicyclic) bond motifs is 3. The molecule has 86 valence electrons. The number of H-pyrrole nitrogens is 1. The van der Waals surface area contributed by atoms with E-state index in [2.05, 4.69) is 28.5 Å². The van der Waals surface area contributed by atoms with E-state index < -0.39 is 0 Å². The average molecular weight is 239 g/mol. The van der Waals surface area contributed by atoms with Gasteiger partial charge < -0.3 is 15.4 Å². The van der Waals surface area contributed by atoms with Crippen LogP contribution in [0.4, 0.5) is 0 Å². The molecule has 0 bridgehead atoms. The Hall–Kier alpha value is -1.03. The molecule has 1 aliphatic heterocycles. The van der Waals surface area contributed by atoms with Crippen molar-refractivity contribution in [1.82, 2.24) is 10.3 Å². The summed E-state index contributed by atoms with van der Waals surface area (Å²) in [4.78, 5) is 3.39. The fourth-order valence-corrected chi connectivity index (χ4v) is 2.42. The van der Waals surface area contributed by atoms with E-state index in [1.54, 1.807) is 0 Å². The molecule has 0 saturated heterocycles. The molecule has 1 aromatic heterocycles. The van der Waals surface area contributed by atoms with Gasteiger partial charge in [-0.2, -0.15) is 0 Å². The number of rotatable bonds is 1. The zero-order valence-electron chi connectivity index (χ0n) is 8.86. The summed E-state index contributed by atoms with van der Waals surface area (Å²) >= 11 is 0. The lowest BCUT2D eigenvalue weighted by atomic mass is 10.00. The summed E-state index contributed by atoms with van der Waals surface area (Å²) in [5.74, 6) is 0. The van der Waals surface area contributed by atoms with Gasteiger partial charge in [0.05, 0.1) is 12.6 Å². The van der Waals surface area contributed by atoms with E-state index in [0.717, 1.165) is 18.7 Å². The lowest BCUT2D eigenvalue weighted by molar-refractivity contribution is 0.238. The number of hydrogen-bond acceptors (Lipinski definition) is 2. The predicted molar refractivity (Wildman–Crippen MR) is 67.1 cm³/mol. The first-order chi connectivity index (χ1) is 7.40. The molecule has 4 heteroatoms. The molecule has 2 aromatic rings. The SMILES string of the molecule is Cl.OCC1NCCc2c1[nH]c1ccccc21. The quantitative estimate of drug-likeness (QED) is 0.709.